The SMILES string of the molecule is Cn1ccnc1C(N)c1cc(F)c(Cl)cc1F. The van der Waals surface area contributed by atoms with Gasteiger partial charge in [0.2, 0.25) is 0 Å². The topological polar surface area (TPSA) is 43.8 Å². The molecule has 2 aromatic rings. The van der Waals surface area contributed by atoms with Crippen molar-refractivity contribution in [3.8, 4) is 0 Å². The molecule has 1 unspecified atom stereocenters. The zero-order chi connectivity index (χ0) is 12.6. The van der Waals surface area contributed by atoms with Gasteiger partial charge in [0.25, 0.3) is 0 Å². The number of nitrogens with two attached hydrogens (primary N) is 1. The van der Waals surface area contributed by atoms with Gasteiger partial charge in [-0.1, -0.05) is 11.6 Å². The minimum atomic E-state index is -0.832. The number of aryl methyl sites for hydroxylation is 1. The molecule has 0 radical (unpaired) electrons. The van der Waals surface area contributed by atoms with Gasteiger partial charge in [0, 0.05) is 25.0 Å². The summed E-state index contributed by atoms with van der Waals surface area (Å²) >= 11 is 5.47. The minimum absolute atomic E-state index is 0.0289. The highest BCUT2D eigenvalue weighted by molar-refractivity contribution is 6.30. The first-order chi connectivity index (χ1) is 8.00. The first-order valence-electron chi connectivity index (χ1n) is 4.88. The Kier molecular flexibility index (Phi) is 3.13. The van der Waals surface area contributed by atoms with E-state index in [4.69, 9.17) is 17.3 Å². The molecule has 0 aliphatic carbocycles. The molecule has 0 saturated heterocycles. The molecule has 1 atom stereocenters. The quantitative estimate of drug-likeness (QED) is 0.840. The summed E-state index contributed by atoms with van der Waals surface area (Å²) in [7, 11) is 1.73. The van der Waals surface area contributed by atoms with Crippen molar-refractivity contribution in [3.05, 3.63) is 52.6 Å². The molecule has 3 nitrogen and oxygen atoms in total. The van der Waals surface area contributed by atoms with E-state index in [0.717, 1.165) is 12.1 Å². The van der Waals surface area contributed by atoms with Crippen LogP contribution in [-0.2, 0) is 7.05 Å². The highest BCUT2D eigenvalue weighted by Crippen LogP contribution is 2.25. The molecular weight excluding hydrogens is 248 g/mol. The number of benzene rings is 1. The summed E-state index contributed by atoms with van der Waals surface area (Å²) in [6, 6.07) is 1.08. The molecule has 2 rings (SSSR count). The molecule has 90 valence electrons. The summed E-state index contributed by atoms with van der Waals surface area (Å²) in [5, 5.41) is -0.265. The fourth-order valence-corrected chi connectivity index (χ4v) is 1.74. The van der Waals surface area contributed by atoms with Crippen LogP contribution < -0.4 is 5.73 Å². The number of hydrogen-bond acceptors (Lipinski definition) is 2. The van der Waals surface area contributed by atoms with E-state index >= 15 is 0 Å². The number of halogens is 3. The lowest BCUT2D eigenvalue weighted by molar-refractivity contribution is 0.568. The van der Waals surface area contributed by atoms with Gasteiger partial charge < -0.3 is 10.3 Å². The largest absolute Gasteiger partial charge is 0.336 e. The van der Waals surface area contributed by atoms with Crippen molar-refractivity contribution in [3.63, 3.8) is 0 Å². The summed E-state index contributed by atoms with van der Waals surface area (Å²) in [4.78, 5) is 4.00. The Morgan fingerprint density at radius 1 is 1.35 bits per heavy atom. The van der Waals surface area contributed by atoms with Crippen molar-refractivity contribution in [2.75, 3.05) is 0 Å². The van der Waals surface area contributed by atoms with Crippen molar-refractivity contribution in [1.82, 2.24) is 9.55 Å². The minimum Gasteiger partial charge on any atom is -0.336 e. The zero-order valence-electron chi connectivity index (χ0n) is 8.99. The van der Waals surface area contributed by atoms with Crippen molar-refractivity contribution < 1.29 is 8.78 Å². The van der Waals surface area contributed by atoms with Gasteiger partial charge in [0.05, 0.1) is 11.1 Å². The van der Waals surface area contributed by atoms with E-state index < -0.39 is 17.7 Å². The maximum Gasteiger partial charge on any atom is 0.142 e. The predicted octanol–water partition coefficient (Wildman–Crippen LogP) is 2.40. The van der Waals surface area contributed by atoms with Crippen LogP contribution in [0.1, 0.15) is 17.4 Å². The van der Waals surface area contributed by atoms with Gasteiger partial charge in [0.15, 0.2) is 0 Å². The highest BCUT2D eigenvalue weighted by Gasteiger charge is 2.19. The Labute approximate surface area is 102 Å². The molecule has 1 aromatic carbocycles. The van der Waals surface area contributed by atoms with Crippen LogP contribution in [-0.4, -0.2) is 9.55 Å². The van der Waals surface area contributed by atoms with Gasteiger partial charge in [-0.3, -0.25) is 0 Å². The van der Waals surface area contributed by atoms with Crippen LogP contribution in [0.5, 0.6) is 0 Å². The number of hydrogen-bond donors (Lipinski definition) is 1. The molecule has 17 heavy (non-hydrogen) atoms. The van der Waals surface area contributed by atoms with E-state index in [0.29, 0.717) is 5.82 Å². The monoisotopic (exact) mass is 257 g/mol. The molecule has 0 amide bonds. The van der Waals surface area contributed by atoms with Crippen LogP contribution in [0.4, 0.5) is 8.78 Å². The molecular formula is C11H10ClF2N3. The molecule has 0 aliphatic heterocycles. The van der Waals surface area contributed by atoms with E-state index in [2.05, 4.69) is 4.98 Å². The number of imidazole rings is 1. The lowest BCUT2D eigenvalue weighted by Crippen LogP contribution is -2.18. The maximum absolute atomic E-state index is 13.6. The Balaban J connectivity index is 2.48. The first-order valence-corrected chi connectivity index (χ1v) is 5.25. The molecule has 1 heterocycles. The van der Waals surface area contributed by atoms with Crippen molar-refractivity contribution in [2.24, 2.45) is 12.8 Å². The second-order valence-electron chi connectivity index (χ2n) is 3.66. The van der Waals surface area contributed by atoms with Crippen LogP contribution in [0, 0.1) is 11.6 Å². The molecule has 0 aliphatic rings. The van der Waals surface area contributed by atoms with Crippen molar-refractivity contribution in [2.45, 2.75) is 6.04 Å². The lowest BCUT2D eigenvalue weighted by Gasteiger charge is -2.13. The summed E-state index contributed by atoms with van der Waals surface area (Å²) in [6.07, 6.45) is 3.22. The second kappa shape index (κ2) is 4.43. The van der Waals surface area contributed by atoms with E-state index in [1.165, 1.54) is 0 Å². The molecule has 0 fully saturated rings. The molecule has 0 spiro atoms. The summed E-state index contributed by atoms with van der Waals surface area (Å²) in [5.74, 6) is -0.898. The fraction of sp³-hybridized carbons (Fsp3) is 0.182. The Bertz CT molecular complexity index is 554. The van der Waals surface area contributed by atoms with Gasteiger partial charge in [-0.05, 0) is 12.1 Å². The highest BCUT2D eigenvalue weighted by atomic mass is 35.5. The van der Waals surface area contributed by atoms with Gasteiger partial charge in [-0.2, -0.15) is 0 Å². The average Bonchev–Trinajstić information content (AvgIpc) is 2.69. The number of rotatable bonds is 2. The third kappa shape index (κ3) is 2.16. The van der Waals surface area contributed by atoms with Crippen LogP contribution in [0.25, 0.3) is 0 Å². The van der Waals surface area contributed by atoms with Gasteiger partial charge in [0.1, 0.15) is 17.5 Å². The van der Waals surface area contributed by atoms with E-state index in [9.17, 15) is 8.78 Å². The smallest absolute Gasteiger partial charge is 0.142 e. The summed E-state index contributed by atoms with van der Waals surface area (Å²) < 4.78 is 28.6. The van der Waals surface area contributed by atoms with E-state index in [1.807, 2.05) is 0 Å². The molecule has 1 aromatic heterocycles. The van der Waals surface area contributed by atoms with Crippen LogP contribution in [0.15, 0.2) is 24.5 Å². The third-order valence-electron chi connectivity index (χ3n) is 2.51. The number of aromatic nitrogens is 2. The van der Waals surface area contributed by atoms with Crippen LogP contribution in [0.3, 0.4) is 0 Å². The zero-order valence-corrected chi connectivity index (χ0v) is 9.75. The standard InChI is InChI=1S/C11H10ClF2N3/c1-17-3-2-16-11(17)10(15)6-4-9(14)7(12)5-8(6)13/h2-5,10H,15H2,1H3. The van der Waals surface area contributed by atoms with Gasteiger partial charge in [-0.15, -0.1) is 0 Å². The summed E-state index contributed by atoms with van der Waals surface area (Å²) in [5.41, 5.74) is 5.88. The van der Waals surface area contributed by atoms with Crippen LogP contribution in [0.2, 0.25) is 5.02 Å². The molecule has 2 N–H and O–H groups in total. The molecule has 0 saturated carbocycles. The fourth-order valence-electron chi connectivity index (χ4n) is 1.59. The summed E-state index contributed by atoms with van der Waals surface area (Å²) in [6.45, 7) is 0. The molecule has 0 bridgehead atoms. The molecule has 6 heteroatoms. The Hall–Kier alpha value is -1.46. The number of nitrogens with zero attached hydrogens (tertiary/aromatic N) is 2. The Morgan fingerprint density at radius 3 is 2.65 bits per heavy atom. The predicted molar refractivity (Wildman–Crippen MR) is 60.6 cm³/mol. The van der Waals surface area contributed by atoms with E-state index in [-0.39, 0.29) is 10.6 Å². The third-order valence-corrected chi connectivity index (χ3v) is 2.80. The first kappa shape index (κ1) is 12.0. The maximum atomic E-state index is 13.6. The average molecular weight is 258 g/mol. The van der Waals surface area contributed by atoms with E-state index in [1.54, 1.807) is 24.0 Å². The Morgan fingerprint density at radius 2 is 2.06 bits per heavy atom. The lowest BCUT2D eigenvalue weighted by atomic mass is 10.1. The normalized spacial score (nSPS) is 12.8. The van der Waals surface area contributed by atoms with Gasteiger partial charge >= 0.3 is 0 Å². The van der Waals surface area contributed by atoms with Gasteiger partial charge in [-0.25, -0.2) is 13.8 Å². The van der Waals surface area contributed by atoms with Crippen LogP contribution >= 0.6 is 11.6 Å². The van der Waals surface area contributed by atoms with Crippen molar-refractivity contribution >= 4 is 11.6 Å². The van der Waals surface area contributed by atoms with Crippen molar-refractivity contribution in [1.29, 1.82) is 0 Å². The second-order valence-corrected chi connectivity index (χ2v) is 4.07.